The summed E-state index contributed by atoms with van der Waals surface area (Å²) in [6.07, 6.45) is 1.41. The highest BCUT2D eigenvalue weighted by atomic mass is 16.6. The highest BCUT2D eigenvalue weighted by Crippen LogP contribution is 2.34. The summed E-state index contributed by atoms with van der Waals surface area (Å²) in [6.45, 7) is 1.76. The van der Waals surface area contributed by atoms with Crippen molar-refractivity contribution in [2.45, 2.75) is 19.1 Å². The Morgan fingerprint density at radius 1 is 1.27 bits per heavy atom. The standard InChI is InChI=1S/C24H24N4O5/c1-31-22-7-4-18(14-23(22)33-20-9-13-32-16-20)21-8-10-26-28(21)12-11-27(24(29)30)19-5-2-17(15-25)3-6-19/h2-8,10,14,20H,9,11-13,16H2,1H3,(H,29,30)/t20-/m1/s1. The number of aromatic nitrogens is 2. The summed E-state index contributed by atoms with van der Waals surface area (Å²) in [5.41, 5.74) is 2.67. The Balaban J connectivity index is 1.53. The van der Waals surface area contributed by atoms with Crippen LogP contribution in [0.25, 0.3) is 11.3 Å². The monoisotopic (exact) mass is 448 g/mol. The Kier molecular flexibility index (Phi) is 6.76. The predicted molar refractivity (Wildman–Crippen MR) is 121 cm³/mol. The van der Waals surface area contributed by atoms with Gasteiger partial charge in [-0.3, -0.25) is 9.58 Å². The summed E-state index contributed by atoms with van der Waals surface area (Å²) >= 11 is 0. The Labute approximate surface area is 191 Å². The number of hydrogen-bond acceptors (Lipinski definition) is 6. The summed E-state index contributed by atoms with van der Waals surface area (Å²) in [5, 5.41) is 23.0. The van der Waals surface area contributed by atoms with E-state index in [0.29, 0.717) is 42.5 Å². The molecule has 1 aliphatic rings. The van der Waals surface area contributed by atoms with Gasteiger partial charge in [0.1, 0.15) is 6.10 Å². The van der Waals surface area contributed by atoms with E-state index in [2.05, 4.69) is 5.10 Å². The van der Waals surface area contributed by atoms with E-state index in [9.17, 15) is 9.90 Å². The molecular weight excluding hydrogens is 424 g/mol. The van der Waals surface area contributed by atoms with Gasteiger partial charge in [0.05, 0.1) is 44.2 Å². The van der Waals surface area contributed by atoms with E-state index in [0.717, 1.165) is 17.7 Å². The fourth-order valence-electron chi connectivity index (χ4n) is 3.72. The smallest absolute Gasteiger partial charge is 0.411 e. The van der Waals surface area contributed by atoms with Crippen molar-refractivity contribution in [1.82, 2.24) is 9.78 Å². The number of carboxylic acid groups (broad SMARTS) is 1. The minimum absolute atomic E-state index is 0.0180. The molecule has 2 aromatic carbocycles. The van der Waals surface area contributed by atoms with Crippen LogP contribution in [0.3, 0.4) is 0 Å². The van der Waals surface area contributed by atoms with Gasteiger partial charge in [0.25, 0.3) is 0 Å². The van der Waals surface area contributed by atoms with Crippen molar-refractivity contribution in [1.29, 1.82) is 5.26 Å². The first kappa shape index (κ1) is 22.2. The average Bonchev–Trinajstić information content (AvgIpc) is 3.51. The maximum absolute atomic E-state index is 11.8. The van der Waals surface area contributed by atoms with E-state index >= 15 is 0 Å². The van der Waals surface area contributed by atoms with Gasteiger partial charge in [-0.15, -0.1) is 0 Å². The van der Waals surface area contributed by atoms with Crippen molar-refractivity contribution in [2.75, 3.05) is 31.8 Å². The van der Waals surface area contributed by atoms with Gasteiger partial charge in [0.2, 0.25) is 0 Å². The maximum atomic E-state index is 11.8. The number of benzene rings is 2. The van der Waals surface area contributed by atoms with Gasteiger partial charge < -0.3 is 19.3 Å². The topological polar surface area (TPSA) is 110 Å². The van der Waals surface area contributed by atoms with Crippen LogP contribution in [0.2, 0.25) is 0 Å². The number of ether oxygens (including phenoxy) is 3. The van der Waals surface area contributed by atoms with Crippen LogP contribution >= 0.6 is 0 Å². The van der Waals surface area contributed by atoms with Crippen LogP contribution in [-0.4, -0.2) is 54.0 Å². The van der Waals surface area contributed by atoms with E-state index in [1.165, 1.54) is 4.90 Å². The predicted octanol–water partition coefficient (Wildman–Crippen LogP) is 3.78. The van der Waals surface area contributed by atoms with Gasteiger partial charge in [-0.05, 0) is 48.5 Å². The third-order valence-corrected chi connectivity index (χ3v) is 5.43. The maximum Gasteiger partial charge on any atom is 0.411 e. The second-order valence-electron chi connectivity index (χ2n) is 7.50. The van der Waals surface area contributed by atoms with Crippen molar-refractivity contribution in [2.24, 2.45) is 0 Å². The molecule has 1 aliphatic heterocycles. The highest BCUT2D eigenvalue weighted by molar-refractivity contribution is 5.86. The number of amides is 1. The summed E-state index contributed by atoms with van der Waals surface area (Å²) in [5.74, 6) is 1.26. The Hall–Kier alpha value is -4.03. The normalized spacial score (nSPS) is 15.1. The molecule has 170 valence electrons. The van der Waals surface area contributed by atoms with Crippen LogP contribution < -0.4 is 14.4 Å². The minimum atomic E-state index is -1.08. The molecule has 1 atom stereocenters. The van der Waals surface area contributed by atoms with Crippen LogP contribution in [-0.2, 0) is 11.3 Å². The van der Waals surface area contributed by atoms with Crippen LogP contribution in [0, 0.1) is 11.3 Å². The molecule has 3 aromatic rings. The lowest BCUT2D eigenvalue weighted by molar-refractivity contribution is 0.138. The molecular formula is C24H24N4O5. The highest BCUT2D eigenvalue weighted by Gasteiger charge is 2.20. The fraction of sp³-hybridized carbons (Fsp3) is 0.292. The van der Waals surface area contributed by atoms with Gasteiger partial charge in [-0.1, -0.05) is 0 Å². The number of nitriles is 1. The number of anilines is 1. The van der Waals surface area contributed by atoms with E-state index < -0.39 is 6.09 Å². The number of methoxy groups -OCH3 is 1. The lowest BCUT2D eigenvalue weighted by Gasteiger charge is -2.20. The zero-order chi connectivity index (χ0) is 23.2. The van der Waals surface area contributed by atoms with Crippen molar-refractivity contribution < 1.29 is 24.1 Å². The SMILES string of the molecule is COc1ccc(-c2ccnn2CCN(C(=O)O)c2ccc(C#N)cc2)cc1O[C@@H]1CCOC1. The number of rotatable bonds is 8. The molecule has 1 amide bonds. The molecule has 1 fully saturated rings. The average molecular weight is 448 g/mol. The second-order valence-corrected chi connectivity index (χ2v) is 7.50. The Morgan fingerprint density at radius 2 is 2.09 bits per heavy atom. The van der Waals surface area contributed by atoms with Crippen LogP contribution in [0.5, 0.6) is 11.5 Å². The van der Waals surface area contributed by atoms with Crippen molar-refractivity contribution >= 4 is 11.8 Å². The molecule has 9 nitrogen and oxygen atoms in total. The van der Waals surface area contributed by atoms with Gasteiger partial charge in [0, 0.05) is 30.4 Å². The zero-order valence-electron chi connectivity index (χ0n) is 18.2. The molecule has 9 heteroatoms. The van der Waals surface area contributed by atoms with Crippen molar-refractivity contribution in [3.63, 3.8) is 0 Å². The Bertz CT molecular complexity index is 1150. The first-order valence-electron chi connectivity index (χ1n) is 10.5. The fourth-order valence-corrected chi connectivity index (χ4v) is 3.72. The van der Waals surface area contributed by atoms with Crippen LogP contribution in [0.15, 0.2) is 54.7 Å². The minimum Gasteiger partial charge on any atom is -0.493 e. The second kappa shape index (κ2) is 10.1. The largest absolute Gasteiger partial charge is 0.493 e. The number of carbonyl (C=O) groups is 1. The van der Waals surface area contributed by atoms with Gasteiger partial charge >= 0.3 is 6.09 Å². The van der Waals surface area contributed by atoms with Gasteiger partial charge in [-0.2, -0.15) is 10.4 Å². The molecule has 1 N–H and O–H groups in total. The van der Waals surface area contributed by atoms with Gasteiger partial charge in [-0.25, -0.2) is 4.79 Å². The molecule has 33 heavy (non-hydrogen) atoms. The zero-order valence-corrected chi connectivity index (χ0v) is 18.2. The molecule has 0 spiro atoms. The molecule has 0 radical (unpaired) electrons. The van der Waals surface area contributed by atoms with Gasteiger partial charge in [0.15, 0.2) is 11.5 Å². The van der Waals surface area contributed by atoms with Crippen molar-refractivity contribution in [3.05, 3.63) is 60.3 Å². The van der Waals surface area contributed by atoms with Crippen molar-refractivity contribution in [3.8, 4) is 28.8 Å². The lowest BCUT2D eigenvalue weighted by Crippen LogP contribution is -2.32. The third kappa shape index (κ3) is 5.07. The molecule has 4 rings (SSSR count). The lowest BCUT2D eigenvalue weighted by atomic mass is 10.1. The molecule has 2 heterocycles. The summed E-state index contributed by atoms with van der Waals surface area (Å²) in [6, 6.07) is 16.0. The molecule has 0 unspecified atom stereocenters. The van der Waals surface area contributed by atoms with Crippen LogP contribution in [0.1, 0.15) is 12.0 Å². The molecule has 0 saturated carbocycles. The first-order chi connectivity index (χ1) is 16.1. The summed E-state index contributed by atoms with van der Waals surface area (Å²) in [4.78, 5) is 13.1. The number of hydrogen-bond donors (Lipinski definition) is 1. The Morgan fingerprint density at radius 3 is 2.76 bits per heavy atom. The van der Waals surface area contributed by atoms with Crippen LogP contribution in [0.4, 0.5) is 10.5 Å². The first-order valence-corrected chi connectivity index (χ1v) is 10.5. The molecule has 0 aliphatic carbocycles. The summed E-state index contributed by atoms with van der Waals surface area (Å²) in [7, 11) is 1.60. The van der Waals surface area contributed by atoms with E-state index in [1.54, 1.807) is 42.3 Å². The quantitative estimate of drug-likeness (QED) is 0.558. The van der Waals surface area contributed by atoms with E-state index in [-0.39, 0.29) is 12.6 Å². The third-order valence-electron chi connectivity index (χ3n) is 5.43. The van der Waals surface area contributed by atoms with E-state index in [1.807, 2.05) is 30.3 Å². The summed E-state index contributed by atoms with van der Waals surface area (Å²) < 4.78 is 18.7. The molecule has 1 aromatic heterocycles. The number of nitrogens with zero attached hydrogens (tertiary/aromatic N) is 4. The molecule has 0 bridgehead atoms. The molecule has 1 saturated heterocycles. The van der Waals surface area contributed by atoms with E-state index in [4.69, 9.17) is 19.5 Å².